The van der Waals surface area contributed by atoms with Gasteiger partial charge in [-0.1, -0.05) is 27.5 Å². The van der Waals surface area contributed by atoms with E-state index in [0.29, 0.717) is 10.0 Å². The van der Waals surface area contributed by atoms with Crippen molar-refractivity contribution in [3.63, 3.8) is 0 Å². The Morgan fingerprint density at radius 1 is 1.35 bits per heavy atom. The predicted molar refractivity (Wildman–Crippen MR) is 88.5 cm³/mol. The second-order valence-corrected chi connectivity index (χ2v) is 5.51. The molecular formula is C12H17BrCl3FN2O. The number of phenols is 1. The highest BCUT2D eigenvalue weighted by Crippen LogP contribution is 2.39. The van der Waals surface area contributed by atoms with Crippen molar-refractivity contribution in [3.05, 3.63) is 27.2 Å². The molecule has 0 unspecified atom stereocenters. The molecule has 2 N–H and O–H groups in total. The number of hydrogen-bond acceptors (Lipinski definition) is 3. The number of phenolic OH excluding ortho intramolecular Hbond substituents is 1. The Balaban J connectivity index is 0.00000180. The van der Waals surface area contributed by atoms with Crippen molar-refractivity contribution in [1.29, 1.82) is 0 Å². The van der Waals surface area contributed by atoms with Crippen molar-refractivity contribution in [2.75, 3.05) is 32.9 Å². The standard InChI is InChI=1S/C12H15BrClFN2O.2ClH/c13-8-1-2-9(14)12(18)11(8)10(7-15)17-5-3-16-4-6-17;;/h1-2,10,16,18H,3-7H2;2*1H/t10-;;/m1../s1. The molecule has 0 bridgehead atoms. The van der Waals surface area contributed by atoms with Crippen molar-refractivity contribution in [2.24, 2.45) is 0 Å². The molecule has 0 spiro atoms. The molecule has 0 radical (unpaired) electrons. The Bertz CT molecular complexity index is 433. The smallest absolute Gasteiger partial charge is 0.140 e. The van der Waals surface area contributed by atoms with E-state index < -0.39 is 12.7 Å². The monoisotopic (exact) mass is 408 g/mol. The SMILES string of the molecule is Cl.Cl.Oc1c(Cl)ccc(Br)c1[C@@H](CF)N1CCNCC1. The van der Waals surface area contributed by atoms with Crippen LogP contribution in [0.2, 0.25) is 5.02 Å². The molecule has 1 aromatic rings. The zero-order valence-corrected chi connectivity index (χ0v) is 14.6. The van der Waals surface area contributed by atoms with Crippen LogP contribution >= 0.6 is 52.3 Å². The van der Waals surface area contributed by atoms with E-state index in [4.69, 9.17) is 11.6 Å². The van der Waals surface area contributed by atoms with Gasteiger partial charge < -0.3 is 10.4 Å². The lowest BCUT2D eigenvalue weighted by Crippen LogP contribution is -2.45. The normalized spacial score (nSPS) is 16.9. The Morgan fingerprint density at radius 3 is 2.50 bits per heavy atom. The van der Waals surface area contributed by atoms with Gasteiger partial charge in [-0.2, -0.15) is 0 Å². The number of rotatable bonds is 3. The Morgan fingerprint density at radius 2 is 1.95 bits per heavy atom. The van der Waals surface area contributed by atoms with Gasteiger partial charge in [-0.15, -0.1) is 24.8 Å². The molecule has 1 aliphatic rings. The fourth-order valence-corrected chi connectivity index (χ4v) is 2.97. The fraction of sp³-hybridized carbons (Fsp3) is 0.500. The third-order valence-electron chi connectivity index (χ3n) is 3.19. The van der Waals surface area contributed by atoms with Crippen molar-refractivity contribution in [1.82, 2.24) is 10.2 Å². The van der Waals surface area contributed by atoms with Crippen LogP contribution in [0.15, 0.2) is 16.6 Å². The molecule has 1 atom stereocenters. The maximum absolute atomic E-state index is 13.4. The maximum atomic E-state index is 13.4. The van der Waals surface area contributed by atoms with Crippen LogP contribution in [0.25, 0.3) is 0 Å². The highest BCUT2D eigenvalue weighted by Gasteiger charge is 2.27. The number of nitrogens with zero attached hydrogens (tertiary/aromatic N) is 1. The van der Waals surface area contributed by atoms with Crippen molar-refractivity contribution in [2.45, 2.75) is 6.04 Å². The highest BCUT2D eigenvalue weighted by atomic mass is 79.9. The first-order valence-electron chi connectivity index (χ1n) is 5.82. The Labute approximate surface area is 143 Å². The predicted octanol–water partition coefficient (Wildman–Crippen LogP) is 3.57. The summed E-state index contributed by atoms with van der Waals surface area (Å²) in [5.41, 5.74) is 0.534. The topological polar surface area (TPSA) is 35.5 Å². The summed E-state index contributed by atoms with van der Waals surface area (Å²) < 4.78 is 14.1. The van der Waals surface area contributed by atoms with Gasteiger partial charge in [0, 0.05) is 36.2 Å². The van der Waals surface area contributed by atoms with E-state index in [1.165, 1.54) is 0 Å². The first kappa shape index (κ1) is 20.2. The quantitative estimate of drug-likeness (QED) is 0.800. The molecule has 0 aliphatic carbocycles. The van der Waals surface area contributed by atoms with Crippen LogP contribution in [0.5, 0.6) is 5.75 Å². The molecule has 116 valence electrons. The van der Waals surface area contributed by atoms with Gasteiger partial charge in [0.25, 0.3) is 0 Å². The number of piperazine rings is 1. The summed E-state index contributed by atoms with van der Waals surface area (Å²) in [5.74, 6) is -0.0350. The van der Waals surface area contributed by atoms with Crippen molar-refractivity contribution in [3.8, 4) is 5.75 Å². The number of nitrogens with one attached hydrogen (secondary N) is 1. The van der Waals surface area contributed by atoms with E-state index in [2.05, 4.69) is 21.2 Å². The molecule has 3 nitrogen and oxygen atoms in total. The van der Waals surface area contributed by atoms with Gasteiger partial charge in [-0.3, -0.25) is 4.90 Å². The van der Waals surface area contributed by atoms with Gasteiger partial charge in [0.05, 0.1) is 11.1 Å². The molecule has 2 rings (SSSR count). The number of halogens is 5. The number of benzene rings is 1. The third-order valence-corrected chi connectivity index (χ3v) is 4.18. The highest BCUT2D eigenvalue weighted by molar-refractivity contribution is 9.10. The van der Waals surface area contributed by atoms with Crippen LogP contribution in [-0.4, -0.2) is 42.9 Å². The van der Waals surface area contributed by atoms with E-state index >= 15 is 0 Å². The Hall–Kier alpha value is 0.220. The van der Waals surface area contributed by atoms with Gasteiger partial charge in [0.1, 0.15) is 12.4 Å². The van der Waals surface area contributed by atoms with E-state index in [-0.39, 0.29) is 35.6 Å². The minimum absolute atomic E-state index is 0. The minimum atomic E-state index is -0.549. The molecule has 8 heteroatoms. The summed E-state index contributed by atoms with van der Waals surface area (Å²) in [7, 11) is 0. The van der Waals surface area contributed by atoms with E-state index in [0.717, 1.165) is 26.2 Å². The van der Waals surface area contributed by atoms with Crippen molar-refractivity contribution >= 4 is 52.3 Å². The summed E-state index contributed by atoms with van der Waals surface area (Å²) in [6, 6.07) is 2.87. The third kappa shape index (κ3) is 4.36. The summed E-state index contributed by atoms with van der Waals surface area (Å²) in [6.45, 7) is 2.62. The summed E-state index contributed by atoms with van der Waals surface area (Å²) >= 11 is 9.26. The lowest BCUT2D eigenvalue weighted by atomic mass is 10.0. The first-order valence-corrected chi connectivity index (χ1v) is 7.00. The Kier molecular flexibility index (Phi) is 9.38. The van der Waals surface area contributed by atoms with Gasteiger partial charge in [0.15, 0.2) is 0 Å². The summed E-state index contributed by atoms with van der Waals surface area (Å²) in [6.07, 6.45) is 0. The number of hydrogen-bond donors (Lipinski definition) is 2. The molecule has 1 aliphatic heterocycles. The lowest BCUT2D eigenvalue weighted by Gasteiger charge is -2.34. The van der Waals surface area contributed by atoms with Gasteiger partial charge in [-0.25, -0.2) is 4.39 Å². The molecule has 1 heterocycles. The number of alkyl halides is 1. The largest absolute Gasteiger partial charge is 0.506 e. The minimum Gasteiger partial charge on any atom is -0.506 e. The second-order valence-electron chi connectivity index (χ2n) is 4.25. The molecule has 0 amide bonds. The van der Waals surface area contributed by atoms with Crippen LogP contribution in [-0.2, 0) is 0 Å². The molecule has 1 fully saturated rings. The van der Waals surface area contributed by atoms with E-state index in [1.807, 2.05) is 4.90 Å². The van der Waals surface area contributed by atoms with Gasteiger partial charge >= 0.3 is 0 Å². The molecule has 0 aromatic heterocycles. The number of aromatic hydroxyl groups is 1. The zero-order valence-electron chi connectivity index (χ0n) is 10.6. The van der Waals surface area contributed by atoms with Crippen molar-refractivity contribution < 1.29 is 9.50 Å². The molecule has 1 aromatic carbocycles. The fourth-order valence-electron chi connectivity index (χ4n) is 2.22. The van der Waals surface area contributed by atoms with Gasteiger partial charge in [-0.05, 0) is 12.1 Å². The van der Waals surface area contributed by atoms with Crippen LogP contribution in [0.1, 0.15) is 11.6 Å². The van der Waals surface area contributed by atoms with E-state index in [9.17, 15) is 9.50 Å². The summed E-state index contributed by atoms with van der Waals surface area (Å²) in [4.78, 5) is 2.02. The average Bonchev–Trinajstić information content (AvgIpc) is 2.40. The average molecular weight is 411 g/mol. The molecule has 0 saturated carbocycles. The van der Waals surface area contributed by atoms with E-state index in [1.54, 1.807) is 12.1 Å². The molecule has 20 heavy (non-hydrogen) atoms. The summed E-state index contributed by atoms with van der Waals surface area (Å²) in [5, 5.41) is 13.5. The van der Waals surface area contributed by atoms with Crippen LogP contribution < -0.4 is 5.32 Å². The van der Waals surface area contributed by atoms with Crippen LogP contribution in [0.4, 0.5) is 4.39 Å². The molecular weight excluding hydrogens is 393 g/mol. The van der Waals surface area contributed by atoms with Gasteiger partial charge in [0.2, 0.25) is 0 Å². The zero-order chi connectivity index (χ0) is 13.1. The first-order chi connectivity index (χ1) is 8.65. The molecule has 1 saturated heterocycles. The van der Waals surface area contributed by atoms with Crippen LogP contribution in [0, 0.1) is 0 Å². The lowest BCUT2D eigenvalue weighted by molar-refractivity contribution is 0.144. The second kappa shape index (κ2) is 9.28. The maximum Gasteiger partial charge on any atom is 0.140 e. The van der Waals surface area contributed by atoms with Crippen LogP contribution in [0.3, 0.4) is 0 Å².